The molecule has 4 aromatic rings. The summed E-state index contributed by atoms with van der Waals surface area (Å²) in [7, 11) is 1.65. The fourth-order valence-electron chi connectivity index (χ4n) is 3.38. The van der Waals surface area contributed by atoms with Crippen molar-refractivity contribution >= 4 is 28.9 Å². The second kappa shape index (κ2) is 12.0. The van der Waals surface area contributed by atoms with E-state index < -0.39 is 0 Å². The molecule has 4 heterocycles. The van der Waals surface area contributed by atoms with Gasteiger partial charge in [-0.1, -0.05) is 17.4 Å². The van der Waals surface area contributed by atoms with Gasteiger partial charge < -0.3 is 15.6 Å². The van der Waals surface area contributed by atoms with Gasteiger partial charge in [-0.25, -0.2) is 14.4 Å². The van der Waals surface area contributed by atoms with Crippen LogP contribution in [0.2, 0.25) is 0 Å². The molecule has 9 nitrogen and oxygen atoms in total. The van der Waals surface area contributed by atoms with Crippen LogP contribution in [0.5, 0.6) is 0 Å². The summed E-state index contributed by atoms with van der Waals surface area (Å²) in [5.41, 5.74) is 2.70. The first-order chi connectivity index (χ1) is 17.2. The minimum absolute atomic E-state index is 0.194. The van der Waals surface area contributed by atoms with E-state index in [1.807, 2.05) is 24.4 Å². The highest BCUT2D eigenvalue weighted by Crippen LogP contribution is 2.28. The number of hydrogen-bond acceptors (Lipinski definition) is 8. The molecule has 35 heavy (non-hydrogen) atoms. The Morgan fingerprint density at radius 3 is 2.74 bits per heavy atom. The van der Waals surface area contributed by atoms with E-state index in [4.69, 9.17) is 4.98 Å². The number of aliphatic imine (C=N–C) groups is 2. The van der Waals surface area contributed by atoms with E-state index in [0.29, 0.717) is 22.2 Å². The molecule has 11 heteroatoms. The van der Waals surface area contributed by atoms with Gasteiger partial charge in [-0.2, -0.15) is 0 Å². The van der Waals surface area contributed by atoms with E-state index in [2.05, 4.69) is 47.3 Å². The Kier molecular flexibility index (Phi) is 8.36. The van der Waals surface area contributed by atoms with Crippen LogP contribution in [0.4, 0.5) is 9.39 Å². The van der Waals surface area contributed by atoms with Crippen molar-refractivity contribution in [3.63, 3.8) is 0 Å². The van der Waals surface area contributed by atoms with Gasteiger partial charge in [-0.15, -0.1) is 0 Å². The zero-order valence-electron chi connectivity index (χ0n) is 19.3. The number of aromatic nitrogens is 5. The van der Waals surface area contributed by atoms with Crippen LogP contribution in [-0.4, -0.2) is 57.6 Å². The van der Waals surface area contributed by atoms with Crippen LogP contribution < -0.4 is 10.6 Å². The SMILES string of the molecule is C=Nc1sc(CCNCCc2ncc(-c3ccccn3)[nH]2)nc1C(=NC)NCc1ncccc1F. The quantitative estimate of drug-likeness (QED) is 0.168. The molecule has 0 bridgehead atoms. The van der Waals surface area contributed by atoms with E-state index in [-0.39, 0.29) is 12.4 Å². The molecule has 0 amide bonds. The van der Waals surface area contributed by atoms with Crippen LogP contribution in [0.3, 0.4) is 0 Å². The lowest BCUT2D eigenvalue weighted by atomic mass is 10.3. The molecule has 180 valence electrons. The number of pyridine rings is 2. The lowest BCUT2D eigenvalue weighted by Gasteiger charge is -2.08. The molecule has 0 aromatic carbocycles. The van der Waals surface area contributed by atoms with Crippen LogP contribution in [0.1, 0.15) is 22.2 Å². The summed E-state index contributed by atoms with van der Waals surface area (Å²) < 4.78 is 13.9. The van der Waals surface area contributed by atoms with E-state index in [0.717, 1.165) is 48.2 Å². The summed E-state index contributed by atoms with van der Waals surface area (Å²) in [6.45, 7) is 5.38. The first kappa shape index (κ1) is 24.3. The Hall–Kier alpha value is -3.83. The number of H-pyrrole nitrogens is 1. The van der Waals surface area contributed by atoms with Crippen molar-refractivity contribution in [3.05, 3.63) is 77.0 Å². The van der Waals surface area contributed by atoms with E-state index in [9.17, 15) is 4.39 Å². The molecule has 3 N–H and O–H groups in total. The zero-order valence-corrected chi connectivity index (χ0v) is 20.1. The molecule has 0 fully saturated rings. The number of hydrogen-bond donors (Lipinski definition) is 3. The maximum Gasteiger partial charge on any atom is 0.150 e. The minimum atomic E-state index is -0.370. The summed E-state index contributed by atoms with van der Waals surface area (Å²) in [6.07, 6.45) is 6.63. The molecule has 0 aliphatic heterocycles. The Bertz CT molecular complexity index is 1280. The van der Waals surface area contributed by atoms with Gasteiger partial charge in [-0.05, 0) is 31.0 Å². The van der Waals surface area contributed by atoms with Gasteiger partial charge in [0.05, 0.1) is 34.8 Å². The predicted molar refractivity (Wildman–Crippen MR) is 137 cm³/mol. The number of rotatable bonds is 11. The largest absolute Gasteiger partial charge is 0.363 e. The summed E-state index contributed by atoms with van der Waals surface area (Å²) in [6, 6.07) is 8.73. The van der Waals surface area contributed by atoms with Crippen molar-refractivity contribution < 1.29 is 4.39 Å². The summed E-state index contributed by atoms with van der Waals surface area (Å²) in [5, 5.41) is 8.12. The first-order valence-electron chi connectivity index (χ1n) is 11.1. The van der Waals surface area contributed by atoms with Crippen LogP contribution in [0.15, 0.2) is 58.9 Å². The Balaban J connectivity index is 1.27. The normalized spacial score (nSPS) is 11.5. The smallest absolute Gasteiger partial charge is 0.150 e. The number of thiazole rings is 1. The van der Waals surface area contributed by atoms with Crippen molar-refractivity contribution in [1.82, 2.24) is 35.6 Å². The van der Waals surface area contributed by atoms with E-state index in [1.165, 1.54) is 17.4 Å². The number of imidazole rings is 1. The number of nitrogens with zero attached hydrogens (tertiary/aromatic N) is 6. The molecule has 0 spiro atoms. The summed E-state index contributed by atoms with van der Waals surface area (Å²) in [4.78, 5) is 29.2. The molecular weight excluding hydrogens is 465 g/mol. The van der Waals surface area contributed by atoms with Crippen molar-refractivity contribution in [1.29, 1.82) is 0 Å². The van der Waals surface area contributed by atoms with Crippen molar-refractivity contribution in [2.45, 2.75) is 19.4 Å². The van der Waals surface area contributed by atoms with Crippen molar-refractivity contribution in [3.8, 4) is 11.4 Å². The fourth-order valence-corrected chi connectivity index (χ4v) is 4.24. The lowest BCUT2D eigenvalue weighted by molar-refractivity contribution is 0.594. The second-order valence-corrected chi connectivity index (χ2v) is 8.55. The minimum Gasteiger partial charge on any atom is -0.363 e. The monoisotopic (exact) mass is 491 g/mol. The van der Waals surface area contributed by atoms with Gasteiger partial charge in [0.1, 0.15) is 22.3 Å². The highest BCUT2D eigenvalue weighted by molar-refractivity contribution is 7.15. The van der Waals surface area contributed by atoms with Crippen molar-refractivity contribution in [2.75, 3.05) is 20.1 Å². The molecule has 0 saturated heterocycles. The topological polar surface area (TPSA) is 116 Å². The van der Waals surface area contributed by atoms with E-state index >= 15 is 0 Å². The Morgan fingerprint density at radius 2 is 1.97 bits per heavy atom. The third-order valence-electron chi connectivity index (χ3n) is 5.13. The standard InChI is InChI=1S/C24H26FN9S/c1-26-23(32-14-18-16(25)6-5-11-30-18)22-24(27-2)35-21(34-22)9-13-28-12-8-20-31-15-19(33-20)17-7-3-4-10-29-17/h3-7,10-11,15,28H,2,8-9,12-14H2,1H3,(H,26,32)(H,31,33). The average Bonchev–Trinajstić information content (AvgIpc) is 3.53. The second-order valence-electron chi connectivity index (χ2n) is 7.49. The van der Waals surface area contributed by atoms with Crippen LogP contribution in [-0.2, 0) is 19.4 Å². The number of nitrogens with one attached hydrogen (secondary N) is 3. The first-order valence-corrected chi connectivity index (χ1v) is 11.9. The summed E-state index contributed by atoms with van der Waals surface area (Å²) in [5.74, 6) is 1.06. The number of amidine groups is 1. The molecule has 0 aliphatic carbocycles. The zero-order chi connectivity index (χ0) is 24.5. The maximum absolute atomic E-state index is 13.9. The molecule has 0 atom stereocenters. The molecule has 0 unspecified atom stereocenters. The Morgan fingerprint density at radius 1 is 1.11 bits per heavy atom. The lowest BCUT2D eigenvalue weighted by Crippen LogP contribution is -2.25. The molecule has 4 aromatic heterocycles. The Labute approximate surface area is 206 Å². The van der Waals surface area contributed by atoms with Gasteiger partial charge in [0.15, 0.2) is 5.84 Å². The molecule has 4 rings (SSSR count). The summed E-state index contributed by atoms with van der Waals surface area (Å²) >= 11 is 1.47. The highest BCUT2D eigenvalue weighted by Gasteiger charge is 2.16. The maximum atomic E-state index is 13.9. The van der Waals surface area contributed by atoms with Gasteiger partial charge in [0.25, 0.3) is 0 Å². The third-order valence-corrected chi connectivity index (χ3v) is 6.17. The van der Waals surface area contributed by atoms with Gasteiger partial charge in [-0.3, -0.25) is 20.0 Å². The predicted octanol–water partition coefficient (Wildman–Crippen LogP) is 3.34. The molecular formula is C24H26FN9S. The van der Waals surface area contributed by atoms with Crippen molar-refractivity contribution in [2.24, 2.45) is 9.98 Å². The fraction of sp³-hybridized carbons (Fsp3) is 0.250. The third kappa shape index (κ3) is 6.40. The highest BCUT2D eigenvalue weighted by atomic mass is 32.1. The van der Waals surface area contributed by atoms with Gasteiger partial charge in [0.2, 0.25) is 0 Å². The number of halogens is 1. The molecule has 0 radical (unpaired) electrons. The van der Waals surface area contributed by atoms with E-state index in [1.54, 1.807) is 25.5 Å². The molecule has 0 saturated carbocycles. The van der Waals surface area contributed by atoms with Crippen LogP contribution in [0, 0.1) is 5.82 Å². The molecule has 0 aliphatic rings. The van der Waals surface area contributed by atoms with Crippen LogP contribution >= 0.6 is 11.3 Å². The number of aromatic amines is 1. The average molecular weight is 492 g/mol. The van der Waals surface area contributed by atoms with Gasteiger partial charge in [0, 0.05) is 45.4 Å². The van der Waals surface area contributed by atoms with Gasteiger partial charge >= 0.3 is 0 Å². The van der Waals surface area contributed by atoms with Crippen LogP contribution in [0.25, 0.3) is 11.4 Å².